The summed E-state index contributed by atoms with van der Waals surface area (Å²) in [5.74, 6) is -1.04. The molecule has 0 saturated heterocycles. The van der Waals surface area contributed by atoms with Gasteiger partial charge in [0, 0.05) is 0 Å². The molecule has 0 aromatic rings. The van der Waals surface area contributed by atoms with Crippen molar-refractivity contribution in [3.63, 3.8) is 0 Å². The molecule has 0 heterocycles. The van der Waals surface area contributed by atoms with Crippen molar-refractivity contribution in [2.45, 2.75) is 5.63 Å². The minimum atomic E-state index is -2.19. The molecular formula is C5H2ClFN2NaO+. The van der Waals surface area contributed by atoms with Gasteiger partial charge in [-0.15, -0.1) is 0 Å². The maximum atomic E-state index is 11.9. The third-order valence-electron chi connectivity index (χ3n) is 0.686. The summed E-state index contributed by atoms with van der Waals surface area (Å²) in [5.41, 5.74) is -2.89. The molecule has 0 fully saturated rings. The number of nitrogens with zero attached hydrogens (tertiary/aromatic N) is 2. The smallest absolute Gasteiger partial charge is 0.506 e. The Morgan fingerprint density at radius 2 is 1.82 bits per heavy atom. The van der Waals surface area contributed by atoms with Crippen molar-refractivity contribution in [3.8, 4) is 12.1 Å². The van der Waals surface area contributed by atoms with Crippen molar-refractivity contribution in [2.75, 3.05) is 0 Å². The predicted molar refractivity (Wildman–Crippen MR) is 31.6 cm³/mol. The monoisotopic (exact) mass is 183 g/mol. The van der Waals surface area contributed by atoms with Gasteiger partial charge in [0.15, 0.2) is 11.3 Å². The maximum Gasteiger partial charge on any atom is 1.00 e. The van der Waals surface area contributed by atoms with Crippen LogP contribution in [0.15, 0.2) is 11.3 Å². The van der Waals surface area contributed by atoms with E-state index >= 15 is 0 Å². The maximum absolute atomic E-state index is 11.9. The number of halogens is 2. The SMILES string of the molecule is N#CC(C#N)=C(O)C(F)Cl.[Na+]. The zero-order chi connectivity index (χ0) is 8.15. The number of allylic oxidation sites excluding steroid dienone is 2. The van der Waals surface area contributed by atoms with Crippen molar-refractivity contribution in [1.82, 2.24) is 0 Å². The topological polar surface area (TPSA) is 67.8 Å². The van der Waals surface area contributed by atoms with E-state index in [2.05, 4.69) is 0 Å². The minimum Gasteiger partial charge on any atom is -0.506 e. The van der Waals surface area contributed by atoms with Crippen LogP contribution in [0.2, 0.25) is 0 Å². The zero-order valence-corrected chi connectivity index (χ0v) is 8.43. The Labute approximate surface area is 90.0 Å². The molecule has 0 aliphatic rings. The van der Waals surface area contributed by atoms with Gasteiger partial charge in [-0.05, 0) is 0 Å². The molecule has 6 heteroatoms. The number of aliphatic hydroxyl groups excluding tert-OH is 1. The Balaban J connectivity index is 0. The van der Waals surface area contributed by atoms with Gasteiger partial charge in [0.05, 0.1) is 0 Å². The van der Waals surface area contributed by atoms with E-state index in [1.165, 1.54) is 12.1 Å². The number of aliphatic hydroxyl groups is 1. The molecule has 0 bridgehead atoms. The van der Waals surface area contributed by atoms with E-state index in [4.69, 9.17) is 27.2 Å². The summed E-state index contributed by atoms with van der Waals surface area (Å²) in [6.07, 6.45) is 0. The van der Waals surface area contributed by atoms with Gasteiger partial charge in [-0.2, -0.15) is 10.5 Å². The Kier molecular flexibility index (Phi) is 7.82. The molecule has 0 aromatic heterocycles. The van der Waals surface area contributed by atoms with Crippen LogP contribution in [0, 0.1) is 22.7 Å². The van der Waals surface area contributed by atoms with E-state index < -0.39 is 17.0 Å². The number of hydrogen-bond donors (Lipinski definition) is 1. The average Bonchev–Trinajstić information content (AvgIpc) is 1.90. The molecule has 0 rings (SSSR count). The molecule has 3 nitrogen and oxygen atoms in total. The minimum absolute atomic E-state index is 0. The first-order chi connectivity index (χ1) is 4.63. The Bertz CT molecular complexity index is 224. The van der Waals surface area contributed by atoms with Gasteiger partial charge in [0.2, 0.25) is 5.63 Å². The van der Waals surface area contributed by atoms with Gasteiger partial charge in [0.25, 0.3) is 0 Å². The summed E-state index contributed by atoms with van der Waals surface area (Å²) < 4.78 is 11.9. The molecule has 0 aliphatic carbocycles. The number of hydrogen-bond acceptors (Lipinski definition) is 3. The van der Waals surface area contributed by atoms with Gasteiger partial charge < -0.3 is 5.11 Å². The molecular weight excluding hydrogens is 182 g/mol. The predicted octanol–water partition coefficient (Wildman–Crippen LogP) is -1.62. The second kappa shape index (κ2) is 6.45. The van der Waals surface area contributed by atoms with Crippen LogP contribution in [0.25, 0.3) is 0 Å². The molecule has 0 aliphatic heterocycles. The van der Waals surface area contributed by atoms with Crippen molar-refractivity contribution in [2.24, 2.45) is 0 Å². The molecule has 0 radical (unpaired) electrons. The van der Waals surface area contributed by atoms with Gasteiger partial charge in [-0.1, -0.05) is 11.6 Å². The largest absolute Gasteiger partial charge is 1.00 e. The van der Waals surface area contributed by atoms with Crippen molar-refractivity contribution >= 4 is 11.6 Å². The Morgan fingerprint density at radius 1 is 1.45 bits per heavy atom. The zero-order valence-electron chi connectivity index (χ0n) is 5.67. The molecule has 1 atom stereocenters. The van der Waals surface area contributed by atoms with Crippen molar-refractivity contribution in [1.29, 1.82) is 10.5 Å². The van der Waals surface area contributed by atoms with E-state index in [0.717, 1.165) is 0 Å². The van der Waals surface area contributed by atoms with Crippen LogP contribution in [-0.2, 0) is 0 Å². The summed E-state index contributed by atoms with van der Waals surface area (Å²) >= 11 is 4.70. The number of nitriles is 2. The molecule has 11 heavy (non-hydrogen) atoms. The molecule has 1 unspecified atom stereocenters. The Hall–Kier alpha value is -0.260. The summed E-state index contributed by atoms with van der Waals surface area (Å²) in [6.45, 7) is 0. The average molecular weight is 184 g/mol. The standard InChI is InChI=1S/C5H2ClFN2O.Na/c6-5(7)4(10)3(1-8)2-9;/h5,10H;/q;+1. The number of alkyl halides is 2. The van der Waals surface area contributed by atoms with Gasteiger partial charge in [0.1, 0.15) is 12.1 Å². The summed E-state index contributed by atoms with van der Waals surface area (Å²) in [4.78, 5) is 0. The van der Waals surface area contributed by atoms with Gasteiger partial charge in [-0.3, -0.25) is 0 Å². The van der Waals surface area contributed by atoms with Crippen LogP contribution in [-0.4, -0.2) is 10.7 Å². The fourth-order valence-electron chi connectivity index (χ4n) is 0.249. The van der Waals surface area contributed by atoms with E-state index in [9.17, 15) is 4.39 Å². The van der Waals surface area contributed by atoms with Crippen LogP contribution in [0.5, 0.6) is 0 Å². The van der Waals surface area contributed by atoms with Crippen molar-refractivity contribution in [3.05, 3.63) is 11.3 Å². The van der Waals surface area contributed by atoms with Crippen LogP contribution >= 0.6 is 11.6 Å². The van der Waals surface area contributed by atoms with Gasteiger partial charge in [-0.25, -0.2) is 4.39 Å². The van der Waals surface area contributed by atoms with Gasteiger partial charge >= 0.3 is 29.6 Å². The summed E-state index contributed by atoms with van der Waals surface area (Å²) in [5, 5.41) is 24.6. The fraction of sp³-hybridized carbons (Fsp3) is 0.200. The first-order valence-corrected chi connectivity index (χ1v) is 2.58. The molecule has 0 spiro atoms. The molecule has 0 saturated carbocycles. The molecule has 0 amide bonds. The molecule has 0 aromatic carbocycles. The first kappa shape index (κ1) is 13.3. The fourth-order valence-corrected chi connectivity index (χ4v) is 0.358. The van der Waals surface area contributed by atoms with E-state index in [0.29, 0.717) is 0 Å². The Morgan fingerprint density at radius 3 is 1.91 bits per heavy atom. The number of rotatable bonds is 1. The third kappa shape index (κ3) is 4.23. The first-order valence-electron chi connectivity index (χ1n) is 2.15. The van der Waals surface area contributed by atoms with Crippen LogP contribution in [0.4, 0.5) is 4.39 Å². The molecule has 1 N–H and O–H groups in total. The van der Waals surface area contributed by atoms with E-state index in [1.807, 2.05) is 0 Å². The molecule has 52 valence electrons. The van der Waals surface area contributed by atoms with E-state index in [-0.39, 0.29) is 29.6 Å². The van der Waals surface area contributed by atoms with Crippen LogP contribution < -0.4 is 29.6 Å². The second-order valence-corrected chi connectivity index (χ2v) is 1.67. The quantitative estimate of drug-likeness (QED) is 0.230. The third-order valence-corrected chi connectivity index (χ3v) is 0.893. The summed E-state index contributed by atoms with van der Waals surface area (Å²) in [7, 11) is 0. The van der Waals surface area contributed by atoms with Crippen LogP contribution in [0.3, 0.4) is 0 Å². The van der Waals surface area contributed by atoms with E-state index in [1.54, 1.807) is 0 Å². The normalized spacial score (nSPS) is 9.82. The van der Waals surface area contributed by atoms with Crippen LogP contribution in [0.1, 0.15) is 0 Å². The summed E-state index contributed by atoms with van der Waals surface area (Å²) in [6, 6.07) is 2.55. The van der Waals surface area contributed by atoms with Crippen molar-refractivity contribution < 1.29 is 39.1 Å². The second-order valence-electron chi connectivity index (χ2n) is 1.28.